The molecule has 0 radical (unpaired) electrons. The Bertz CT molecular complexity index is 374. The Morgan fingerprint density at radius 1 is 1.50 bits per heavy atom. The molecule has 0 unspecified atom stereocenters. The number of carbonyl (C=O) groups is 1. The fourth-order valence-corrected chi connectivity index (χ4v) is 1.58. The van der Waals surface area contributed by atoms with Gasteiger partial charge in [0, 0.05) is 6.42 Å². The molecule has 0 amide bonds. The number of hydrogen-bond donors (Lipinski definition) is 0. The number of halogens is 1. The Kier molecular flexibility index (Phi) is 4.47. The van der Waals surface area contributed by atoms with Gasteiger partial charge in [-0.15, -0.1) is 0 Å². The molecule has 0 N–H and O–H groups in total. The summed E-state index contributed by atoms with van der Waals surface area (Å²) < 4.78 is 17.6. The first-order valence-electron chi connectivity index (χ1n) is 5.37. The first-order chi connectivity index (χ1) is 7.54. The van der Waals surface area contributed by atoms with E-state index in [-0.39, 0.29) is 17.7 Å². The Balaban J connectivity index is 2.62. The Morgan fingerprint density at radius 3 is 2.75 bits per heavy atom. The van der Waals surface area contributed by atoms with E-state index in [0.717, 1.165) is 12.0 Å². The molecule has 2 nitrogen and oxygen atoms in total. The second kappa shape index (κ2) is 5.64. The molecule has 16 heavy (non-hydrogen) atoms. The van der Waals surface area contributed by atoms with Gasteiger partial charge < -0.3 is 4.74 Å². The first-order valence-corrected chi connectivity index (χ1v) is 5.37. The molecule has 1 rings (SSSR count). The smallest absolute Gasteiger partial charge is 0.305 e. The number of hydrogen-bond acceptors (Lipinski definition) is 2. The summed E-state index contributed by atoms with van der Waals surface area (Å²) in [7, 11) is 1.38. The van der Waals surface area contributed by atoms with Crippen LogP contribution in [0.1, 0.15) is 36.8 Å². The lowest BCUT2D eigenvalue weighted by Gasteiger charge is -2.12. The van der Waals surface area contributed by atoms with E-state index >= 15 is 0 Å². The van der Waals surface area contributed by atoms with E-state index in [1.54, 1.807) is 13.0 Å². The highest BCUT2D eigenvalue weighted by Crippen LogP contribution is 2.22. The predicted molar refractivity (Wildman–Crippen MR) is 60.8 cm³/mol. The normalized spacial score (nSPS) is 12.2. The molecule has 0 aromatic heterocycles. The first kappa shape index (κ1) is 12.7. The zero-order valence-corrected chi connectivity index (χ0v) is 9.92. The number of carbonyl (C=O) groups excluding carboxylic acids is 1. The zero-order chi connectivity index (χ0) is 12.1. The van der Waals surface area contributed by atoms with Crippen molar-refractivity contribution in [2.24, 2.45) is 0 Å². The fourth-order valence-electron chi connectivity index (χ4n) is 1.58. The molecule has 0 saturated carbocycles. The molecule has 0 heterocycles. The lowest BCUT2D eigenvalue weighted by Crippen LogP contribution is -2.03. The molecular weight excluding hydrogens is 207 g/mol. The van der Waals surface area contributed by atoms with E-state index in [9.17, 15) is 9.18 Å². The second-order valence-corrected chi connectivity index (χ2v) is 4.02. The number of methoxy groups -OCH3 is 1. The molecule has 1 aromatic rings. The summed E-state index contributed by atoms with van der Waals surface area (Å²) in [6.07, 6.45) is 1.12. The lowest BCUT2D eigenvalue weighted by molar-refractivity contribution is -0.140. The SMILES string of the molecule is COC(=O)CC[C@@H](C)c1ccc(F)c(C)c1. The predicted octanol–water partition coefficient (Wildman–Crippen LogP) is 3.19. The number of aryl methyl sites for hydroxylation is 1. The molecule has 0 aliphatic heterocycles. The van der Waals surface area contributed by atoms with Gasteiger partial charge in [0.1, 0.15) is 5.82 Å². The minimum Gasteiger partial charge on any atom is -0.469 e. The molecular formula is C13H17FO2. The Labute approximate surface area is 95.4 Å². The minimum absolute atomic E-state index is 0.191. The van der Waals surface area contributed by atoms with Crippen LogP contribution in [0, 0.1) is 12.7 Å². The van der Waals surface area contributed by atoms with Crippen molar-refractivity contribution >= 4 is 5.97 Å². The van der Waals surface area contributed by atoms with E-state index in [1.165, 1.54) is 13.2 Å². The molecule has 3 heteroatoms. The van der Waals surface area contributed by atoms with Crippen LogP contribution in [0.15, 0.2) is 18.2 Å². The molecule has 0 fully saturated rings. The van der Waals surface area contributed by atoms with E-state index in [1.807, 2.05) is 13.0 Å². The number of rotatable bonds is 4. The second-order valence-electron chi connectivity index (χ2n) is 4.02. The van der Waals surface area contributed by atoms with E-state index < -0.39 is 0 Å². The quantitative estimate of drug-likeness (QED) is 0.734. The Morgan fingerprint density at radius 2 is 2.19 bits per heavy atom. The topological polar surface area (TPSA) is 26.3 Å². The highest BCUT2D eigenvalue weighted by molar-refractivity contribution is 5.69. The largest absolute Gasteiger partial charge is 0.469 e. The van der Waals surface area contributed by atoms with Gasteiger partial charge >= 0.3 is 5.97 Å². The van der Waals surface area contributed by atoms with Crippen molar-refractivity contribution in [1.29, 1.82) is 0 Å². The van der Waals surface area contributed by atoms with Crippen LogP contribution in [0.4, 0.5) is 4.39 Å². The van der Waals surface area contributed by atoms with Crippen molar-refractivity contribution in [2.75, 3.05) is 7.11 Å². The third-order valence-electron chi connectivity index (χ3n) is 2.76. The average molecular weight is 224 g/mol. The van der Waals surface area contributed by atoms with Crippen LogP contribution in [0.3, 0.4) is 0 Å². The minimum atomic E-state index is -0.203. The van der Waals surface area contributed by atoms with Crippen LogP contribution in [-0.4, -0.2) is 13.1 Å². The molecule has 0 spiro atoms. The zero-order valence-electron chi connectivity index (χ0n) is 9.92. The van der Waals surface area contributed by atoms with Gasteiger partial charge in [0.25, 0.3) is 0 Å². The molecule has 88 valence electrons. The molecule has 0 aliphatic rings. The van der Waals surface area contributed by atoms with E-state index in [0.29, 0.717) is 12.0 Å². The van der Waals surface area contributed by atoms with Crippen molar-refractivity contribution in [1.82, 2.24) is 0 Å². The van der Waals surface area contributed by atoms with Crippen molar-refractivity contribution in [3.05, 3.63) is 35.1 Å². The monoisotopic (exact) mass is 224 g/mol. The molecule has 0 bridgehead atoms. The maximum Gasteiger partial charge on any atom is 0.305 e. The maximum atomic E-state index is 13.1. The highest BCUT2D eigenvalue weighted by Gasteiger charge is 2.10. The number of benzene rings is 1. The standard InChI is InChI=1S/C13H17FO2/c1-9(4-7-13(15)16-3)11-5-6-12(14)10(2)8-11/h5-6,8-9H,4,7H2,1-3H3/t9-/m1/s1. The van der Waals surface area contributed by atoms with E-state index in [2.05, 4.69) is 4.74 Å². The van der Waals surface area contributed by atoms with Crippen molar-refractivity contribution < 1.29 is 13.9 Å². The van der Waals surface area contributed by atoms with Crippen LogP contribution in [-0.2, 0) is 9.53 Å². The van der Waals surface area contributed by atoms with Crippen LogP contribution < -0.4 is 0 Å². The van der Waals surface area contributed by atoms with Crippen molar-refractivity contribution in [3.63, 3.8) is 0 Å². The van der Waals surface area contributed by atoms with Gasteiger partial charge in [0.15, 0.2) is 0 Å². The van der Waals surface area contributed by atoms with Gasteiger partial charge in [-0.25, -0.2) is 4.39 Å². The maximum absolute atomic E-state index is 13.1. The molecule has 0 aliphatic carbocycles. The summed E-state index contributed by atoms with van der Waals surface area (Å²) in [6.45, 7) is 3.77. The summed E-state index contributed by atoms with van der Waals surface area (Å²) in [6, 6.07) is 5.07. The number of ether oxygens (including phenoxy) is 1. The number of esters is 1. The van der Waals surface area contributed by atoms with Crippen LogP contribution >= 0.6 is 0 Å². The van der Waals surface area contributed by atoms with Gasteiger partial charge in [-0.1, -0.05) is 19.1 Å². The van der Waals surface area contributed by atoms with Crippen LogP contribution in [0.2, 0.25) is 0 Å². The van der Waals surface area contributed by atoms with E-state index in [4.69, 9.17) is 0 Å². The molecule has 0 saturated heterocycles. The van der Waals surface area contributed by atoms with Gasteiger partial charge in [-0.3, -0.25) is 4.79 Å². The summed E-state index contributed by atoms with van der Waals surface area (Å²) in [5.41, 5.74) is 1.70. The van der Waals surface area contributed by atoms with Gasteiger partial charge in [-0.2, -0.15) is 0 Å². The van der Waals surface area contributed by atoms with Crippen molar-refractivity contribution in [3.8, 4) is 0 Å². The molecule has 1 atom stereocenters. The average Bonchev–Trinajstić information content (AvgIpc) is 2.29. The third-order valence-corrected chi connectivity index (χ3v) is 2.76. The third kappa shape index (κ3) is 3.33. The van der Waals surface area contributed by atoms with Crippen molar-refractivity contribution in [2.45, 2.75) is 32.6 Å². The summed E-state index contributed by atoms with van der Waals surface area (Å²) in [5.74, 6) is -0.159. The lowest BCUT2D eigenvalue weighted by atomic mass is 9.95. The molecule has 1 aromatic carbocycles. The summed E-state index contributed by atoms with van der Waals surface area (Å²) in [4.78, 5) is 11.0. The van der Waals surface area contributed by atoms with Crippen LogP contribution in [0.25, 0.3) is 0 Å². The van der Waals surface area contributed by atoms with Crippen LogP contribution in [0.5, 0.6) is 0 Å². The van der Waals surface area contributed by atoms with Gasteiger partial charge in [-0.05, 0) is 36.5 Å². The fraction of sp³-hybridized carbons (Fsp3) is 0.462. The summed E-state index contributed by atoms with van der Waals surface area (Å²) in [5, 5.41) is 0. The Hall–Kier alpha value is -1.38. The highest BCUT2D eigenvalue weighted by atomic mass is 19.1. The summed E-state index contributed by atoms with van der Waals surface area (Å²) >= 11 is 0. The van der Waals surface area contributed by atoms with Gasteiger partial charge in [0.2, 0.25) is 0 Å². The van der Waals surface area contributed by atoms with Gasteiger partial charge in [0.05, 0.1) is 7.11 Å².